The van der Waals surface area contributed by atoms with Crippen LogP contribution in [0.15, 0.2) is 30.4 Å². The van der Waals surface area contributed by atoms with Crippen LogP contribution in [0.2, 0.25) is 0 Å². The van der Waals surface area contributed by atoms with Crippen LogP contribution in [-0.2, 0) is 0 Å². The normalized spacial score (nSPS) is 12.3. The van der Waals surface area contributed by atoms with Gasteiger partial charge in [-0.2, -0.15) is 0 Å². The zero-order valence-corrected chi connectivity index (χ0v) is 9.09. The lowest BCUT2D eigenvalue weighted by Crippen LogP contribution is -2.10. The van der Waals surface area contributed by atoms with E-state index >= 15 is 0 Å². The van der Waals surface area contributed by atoms with E-state index in [1.165, 1.54) is 13.2 Å². The smallest absolute Gasteiger partial charge is 0.165 e. The average Bonchev–Trinajstić information content (AvgIpc) is 2.16. The Kier molecular flexibility index (Phi) is 3.86. The molecule has 15 heavy (non-hydrogen) atoms. The molecule has 0 amide bonds. The molecule has 1 aromatic carbocycles. The Hall–Kier alpha value is -1.35. The summed E-state index contributed by atoms with van der Waals surface area (Å²) in [5.74, 6) is -0.145. The number of benzene rings is 1. The van der Waals surface area contributed by atoms with Crippen LogP contribution in [0.1, 0.15) is 24.9 Å². The molecule has 0 saturated heterocycles. The first kappa shape index (κ1) is 11.7. The number of hydrogen-bond acceptors (Lipinski definition) is 2. The highest BCUT2D eigenvalue weighted by molar-refractivity contribution is 5.31. The van der Waals surface area contributed by atoms with E-state index in [0.29, 0.717) is 6.42 Å². The molecule has 0 aliphatic carbocycles. The number of nitrogens with two attached hydrogens (primary N) is 1. The van der Waals surface area contributed by atoms with Crippen LogP contribution in [-0.4, -0.2) is 7.11 Å². The molecule has 1 aromatic rings. The molecular weight excluding hydrogens is 193 g/mol. The summed E-state index contributed by atoms with van der Waals surface area (Å²) in [6, 6.07) is 4.56. The molecule has 0 radical (unpaired) electrons. The van der Waals surface area contributed by atoms with Gasteiger partial charge in [-0.15, -0.1) is 6.58 Å². The van der Waals surface area contributed by atoms with Crippen LogP contribution in [0.5, 0.6) is 5.75 Å². The fourth-order valence-electron chi connectivity index (χ4n) is 1.41. The summed E-state index contributed by atoms with van der Waals surface area (Å²) in [5, 5.41) is 0. The molecule has 1 unspecified atom stereocenters. The van der Waals surface area contributed by atoms with Crippen molar-refractivity contribution in [1.29, 1.82) is 0 Å². The Balaban J connectivity index is 2.87. The van der Waals surface area contributed by atoms with Crippen molar-refractivity contribution in [3.05, 3.63) is 41.7 Å². The lowest BCUT2D eigenvalue weighted by atomic mass is 10.0. The standard InChI is InChI=1S/C12H16FNO/c1-8(2)6-11(14)9-4-5-12(15-3)10(13)7-9/h4-5,7,11H,1,6,14H2,2-3H3. The number of rotatable bonds is 4. The number of hydrogen-bond donors (Lipinski definition) is 1. The molecule has 0 fully saturated rings. The summed E-state index contributed by atoms with van der Waals surface area (Å²) in [4.78, 5) is 0. The minimum absolute atomic E-state index is 0.206. The van der Waals surface area contributed by atoms with Gasteiger partial charge in [-0.05, 0) is 31.0 Å². The highest BCUT2D eigenvalue weighted by Gasteiger charge is 2.09. The van der Waals surface area contributed by atoms with Crippen LogP contribution < -0.4 is 10.5 Å². The molecular formula is C12H16FNO. The van der Waals surface area contributed by atoms with Crippen LogP contribution in [0.25, 0.3) is 0 Å². The SMILES string of the molecule is C=C(C)CC(N)c1ccc(OC)c(F)c1. The third kappa shape index (κ3) is 3.06. The molecule has 0 aliphatic rings. The van der Waals surface area contributed by atoms with Gasteiger partial charge in [0, 0.05) is 6.04 Å². The zero-order valence-electron chi connectivity index (χ0n) is 9.09. The summed E-state index contributed by atoms with van der Waals surface area (Å²) in [6.45, 7) is 5.68. The maximum absolute atomic E-state index is 13.3. The Bertz CT molecular complexity index is 363. The van der Waals surface area contributed by atoms with Crippen molar-refractivity contribution >= 4 is 0 Å². The predicted molar refractivity (Wildman–Crippen MR) is 59.3 cm³/mol. The van der Waals surface area contributed by atoms with Gasteiger partial charge >= 0.3 is 0 Å². The number of halogens is 1. The maximum Gasteiger partial charge on any atom is 0.165 e. The van der Waals surface area contributed by atoms with Crippen molar-refractivity contribution in [3.63, 3.8) is 0 Å². The molecule has 0 saturated carbocycles. The van der Waals surface area contributed by atoms with Gasteiger partial charge in [0.1, 0.15) is 0 Å². The minimum Gasteiger partial charge on any atom is -0.494 e. The highest BCUT2D eigenvalue weighted by Crippen LogP contribution is 2.23. The zero-order chi connectivity index (χ0) is 11.4. The molecule has 1 atom stereocenters. The number of methoxy groups -OCH3 is 1. The summed E-state index contributed by atoms with van der Waals surface area (Å²) < 4.78 is 18.2. The second-order valence-electron chi connectivity index (χ2n) is 3.66. The maximum atomic E-state index is 13.3. The Labute approximate surface area is 89.6 Å². The second-order valence-corrected chi connectivity index (χ2v) is 3.66. The average molecular weight is 209 g/mol. The van der Waals surface area contributed by atoms with E-state index in [9.17, 15) is 4.39 Å². The van der Waals surface area contributed by atoms with Gasteiger partial charge in [0.2, 0.25) is 0 Å². The lowest BCUT2D eigenvalue weighted by molar-refractivity contribution is 0.386. The van der Waals surface area contributed by atoms with Crippen LogP contribution in [0.3, 0.4) is 0 Å². The molecule has 0 aromatic heterocycles. The molecule has 2 N–H and O–H groups in total. The molecule has 0 bridgehead atoms. The predicted octanol–water partition coefficient (Wildman–Crippen LogP) is 2.80. The molecule has 0 heterocycles. The Morgan fingerprint density at radius 1 is 1.60 bits per heavy atom. The number of ether oxygens (including phenoxy) is 1. The fourth-order valence-corrected chi connectivity index (χ4v) is 1.41. The van der Waals surface area contributed by atoms with Gasteiger partial charge in [0.25, 0.3) is 0 Å². The van der Waals surface area contributed by atoms with E-state index in [1.54, 1.807) is 12.1 Å². The van der Waals surface area contributed by atoms with Gasteiger partial charge in [-0.25, -0.2) is 4.39 Å². The van der Waals surface area contributed by atoms with E-state index in [4.69, 9.17) is 10.5 Å². The van der Waals surface area contributed by atoms with Crippen molar-refractivity contribution < 1.29 is 9.13 Å². The quantitative estimate of drug-likeness (QED) is 0.774. The van der Waals surface area contributed by atoms with E-state index in [-0.39, 0.29) is 17.6 Å². The van der Waals surface area contributed by atoms with Gasteiger partial charge < -0.3 is 10.5 Å². The van der Waals surface area contributed by atoms with Gasteiger partial charge in [0.05, 0.1) is 7.11 Å². The first-order chi connectivity index (χ1) is 7.04. The molecule has 0 spiro atoms. The van der Waals surface area contributed by atoms with Crippen molar-refractivity contribution in [3.8, 4) is 5.75 Å². The second kappa shape index (κ2) is 4.94. The van der Waals surface area contributed by atoms with Crippen LogP contribution in [0.4, 0.5) is 4.39 Å². The van der Waals surface area contributed by atoms with E-state index in [2.05, 4.69) is 6.58 Å². The monoisotopic (exact) mass is 209 g/mol. The van der Waals surface area contributed by atoms with E-state index in [1.807, 2.05) is 6.92 Å². The van der Waals surface area contributed by atoms with E-state index in [0.717, 1.165) is 11.1 Å². The third-order valence-corrected chi connectivity index (χ3v) is 2.17. The minimum atomic E-state index is -0.382. The van der Waals surface area contributed by atoms with Gasteiger partial charge in [0.15, 0.2) is 11.6 Å². The summed E-state index contributed by atoms with van der Waals surface area (Å²) in [7, 11) is 1.44. The molecule has 1 rings (SSSR count). The largest absolute Gasteiger partial charge is 0.494 e. The summed E-state index contributed by atoms with van der Waals surface area (Å²) in [6.07, 6.45) is 0.659. The third-order valence-electron chi connectivity index (χ3n) is 2.17. The van der Waals surface area contributed by atoms with Gasteiger partial charge in [-0.3, -0.25) is 0 Å². The summed E-state index contributed by atoms with van der Waals surface area (Å²) >= 11 is 0. The fraction of sp³-hybridized carbons (Fsp3) is 0.333. The van der Waals surface area contributed by atoms with Crippen molar-refractivity contribution in [2.24, 2.45) is 5.73 Å². The van der Waals surface area contributed by atoms with Crippen LogP contribution >= 0.6 is 0 Å². The lowest BCUT2D eigenvalue weighted by Gasteiger charge is -2.12. The first-order valence-electron chi connectivity index (χ1n) is 4.78. The highest BCUT2D eigenvalue weighted by atomic mass is 19.1. The molecule has 3 heteroatoms. The van der Waals surface area contributed by atoms with Crippen molar-refractivity contribution in [1.82, 2.24) is 0 Å². The first-order valence-corrected chi connectivity index (χ1v) is 4.78. The molecule has 82 valence electrons. The van der Waals surface area contributed by atoms with Crippen molar-refractivity contribution in [2.45, 2.75) is 19.4 Å². The van der Waals surface area contributed by atoms with E-state index < -0.39 is 0 Å². The van der Waals surface area contributed by atoms with Gasteiger partial charge in [-0.1, -0.05) is 11.6 Å². The Morgan fingerprint density at radius 2 is 2.27 bits per heavy atom. The molecule has 0 aliphatic heterocycles. The van der Waals surface area contributed by atoms with Crippen LogP contribution in [0, 0.1) is 5.82 Å². The van der Waals surface area contributed by atoms with Crippen molar-refractivity contribution in [2.75, 3.05) is 7.11 Å². The summed E-state index contributed by atoms with van der Waals surface area (Å²) in [5.41, 5.74) is 7.63. The molecule has 2 nitrogen and oxygen atoms in total. The topological polar surface area (TPSA) is 35.2 Å². The Morgan fingerprint density at radius 3 is 2.73 bits per heavy atom.